The number of rotatable bonds is 2. The van der Waals surface area contributed by atoms with Gasteiger partial charge in [-0.05, 0) is 13.8 Å². The molecular weight excluding hydrogens is 261 g/mol. The Morgan fingerprint density at radius 1 is 1.29 bits per heavy atom. The molecule has 0 aromatic rings. The van der Waals surface area contributed by atoms with E-state index < -0.39 is 15.6 Å². The van der Waals surface area contributed by atoms with Gasteiger partial charge < -0.3 is 4.55 Å². The number of alkyl halides is 3. The Labute approximate surface area is 97.6 Å². The molecule has 0 N–H and O–H groups in total. The molecule has 1 aliphatic rings. The van der Waals surface area contributed by atoms with E-state index >= 15 is 0 Å². The second-order valence-electron chi connectivity index (χ2n) is 3.20. The molecule has 0 amide bonds. The first-order chi connectivity index (χ1) is 7.58. The molecule has 1 rings (SSSR count). The highest BCUT2D eigenvalue weighted by Gasteiger charge is 2.36. The smallest absolute Gasteiger partial charge is 0.485 e. The first kappa shape index (κ1) is 16.1. The Kier molecular flexibility index (Phi) is 5.30. The van der Waals surface area contributed by atoms with Crippen molar-refractivity contribution in [1.82, 2.24) is 0 Å². The summed E-state index contributed by atoms with van der Waals surface area (Å²) in [5.41, 5.74) is -5.65. The lowest BCUT2D eigenvalue weighted by atomic mass is 10.4. The van der Waals surface area contributed by atoms with E-state index in [9.17, 15) is 13.2 Å². The van der Waals surface area contributed by atoms with E-state index in [0.717, 1.165) is 17.6 Å². The zero-order valence-corrected chi connectivity index (χ0v) is 10.1. The van der Waals surface area contributed by atoms with E-state index in [-0.39, 0.29) is 0 Å². The zero-order valence-electron chi connectivity index (χ0n) is 9.31. The van der Waals surface area contributed by atoms with Crippen molar-refractivity contribution in [3.8, 4) is 0 Å². The van der Waals surface area contributed by atoms with Gasteiger partial charge in [0.05, 0.1) is 19.3 Å². The van der Waals surface area contributed by atoms with E-state index in [1.165, 1.54) is 0 Å². The summed E-state index contributed by atoms with van der Waals surface area (Å²) in [4.78, 5) is 4.05. The molecule has 0 atom stereocenters. The molecule has 0 bridgehead atoms. The Morgan fingerprint density at radius 3 is 1.82 bits per heavy atom. The predicted octanol–water partition coefficient (Wildman–Crippen LogP) is 1.41. The average Bonchev–Trinajstić information content (AvgIpc) is 2.64. The van der Waals surface area contributed by atoms with E-state index in [4.69, 9.17) is 13.0 Å². The van der Waals surface area contributed by atoms with Gasteiger partial charge in [0.15, 0.2) is 16.5 Å². The Balaban J connectivity index is 0.000000304. The van der Waals surface area contributed by atoms with Crippen LogP contribution in [0.1, 0.15) is 13.8 Å². The topological polar surface area (TPSA) is 69.6 Å². The van der Waals surface area contributed by atoms with Crippen molar-refractivity contribution in [2.24, 2.45) is 4.99 Å². The molecular formula is C8H13F3N2O3S. The van der Waals surface area contributed by atoms with Crippen LogP contribution in [0.4, 0.5) is 13.2 Å². The van der Waals surface area contributed by atoms with Gasteiger partial charge in [-0.25, -0.2) is 13.4 Å². The van der Waals surface area contributed by atoms with Crippen molar-refractivity contribution in [3.63, 3.8) is 0 Å². The maximum atomic E-state index is 10.7. The second kappa shape index (κ2) is 5.61. The molecule has 0 aromatic carbocycles. The number of hydrogen-bond acceptors (Lipinski definition) is 4. The van der Waals surface area contributed by atoms with Crippen LogP contribution in [-0.4, -0.2) is 42.4 Å². The second-order valence-corrected chi connectivity index (χ2v) is 4.57. The van der Waals surface area contributed by atoms with Crippen LogP contribution in [0.15, 0.2) is 17.4 Å². The van der Waals surface area contributed by atoms with Crippen molar-refractivity contribution in [2.45, 2.75) is 19.4 Å². The number of halogens is 3. The van der Waals surface area contributed by atoms with Gasteiger partial charge in [0.2, 0.25) is 0 Å². The van der Waals surface area contributed by atoms with Crippen LogP contribution in [-0.2, 0) is 10.1 Å². The molecule has 5 nitrogen and oxygen atoms in total. The molecule has 17 heavy (non-hydrogen) atoms. The fourth-order valence-corrected chi connectivity index (χ4v) is 0.979. The van der Waals surface area contributed by atoms with E-state index in [1.807, 2.05) is 12.5 Å². The molecule has 100 valence electrons. The number of nitrogens with zero attached hydrogens (tertiary/aromatic N) is 2. The minimum absolute atomic E-state index is 0.917. The molecule has 0 aliphatic carbocycles. The van der Waals surface area contributed by atoms with Crippen molar-refractivity contribution in [1.29, 1.82) is 0 Å². The summed E-state index contributed by atoms with van der Waals surface area (Å²) >= 11 is 0. The monoisotopic (exact) mass is 274 g/mol. The highest BCUT2D eigenvalue weighted by molar-refractivity contribution is 7.86. The minimum atomic E-state index is -6.09. The Morgan fingerprint density at radius 2 is 1.71 bits per heavy atom. The molecule has 1 heterocycles. The summed E-state index contributed by atoms with van der Waals surface area (Å²) in [5, 5.41) is 0. The number of quaternary nitrogens is 1. The predicted molar refractivity (Wildman–Crippen MR) is 54.7 cm³/mol. The van der Waals surface area contributed by atoms with Crippen LogP contribution in [0, 0.1) is 0 Å². The third-order valence-corrected chi connectivity index (χ3v) is 2.77. The molecule has 9 heteroatoms. The fraction of sp³-hybridized carbons (Fsp3) is 0.625. The van der Waals surface area contributed by atoms with E-state index in [2.05, 4.69) is 25.0 Å². The SMILES string of the molecule is CC[N+]1(CC)C=CN=C1.O=S(=O)([O-])C(F)(F)F. The third-order valence-electron chi connectivity index (χ3n) is 2.21. The largest absolute Gasteiger partial charge is 0.741 e. The van der Waals surface area contributed by atoms with Gasteiger partial charge in [-0.3, -0.25) is 4.48 Å². The van der Waals surface area contributed by atoms with Gasteiger partial charge in [0.25, 0.3) is 0 Å². The van der Waals surface area contributed by atoms with Gasteiger partial charge in [-0.2, -0.15) is 13.2 Å². The molecule has 0 saturated carbocycles. The maximum Gasteiger partial charge on any atom is 0.485 e. The van der Waals surface area contributed by atoms with Crippen LogP contribution >= 0.6 is 0 Å². The van der Waals surface area contributed by atoms with Crippen LogP contribution in [0.3, 0.4) is 0 Å². The highest BCUT2D eigenvalue weighted by Crippen LogP contribution is 2.20. The maximum absolute atomic E-state index is 10.7. The third kappa shape index (κ3) is 4.84. The van der Waals surface area contributed by atoms with Crippen molar-refractivity contribution in [2.75, 3.05) is 13.1 Å². The molecule has 0 fully saturated rings. The molecule has 0 aromatic heterocycles. The molecule has 0 radical (unpaired) electrons. The summed E-state index contributed by atoms with van der Waals surface area (Å²) in [7, 11) is -6.09. The van der Waals surface area contributed by atoms with Crippen LogP contribution in [0.25, 0.3) is 0 Å². The molecule has 0 unspecified atom stereocenters. The lowest BCUT2D eigenvalue weighted by molar-refractivity contribution is -0.774. The molecule has 0 saturated heterocycles. The highest BCUT2D eigenvalue weighted by atomic mass is 32.2. The van der Waals surface area contributed by atoms with E-state index in [0.29, 0.717) is 0 Å². The van der Waals surface area contributed by atoms with Gasteiger partial charge in [-0.1, -0.05) is 0 Å². The van der Waals surface area contributed by atoms with Crippen molar-refractivity contribution < 1.29 is 30.6 Å². The lowest BCUT2D eigenvalue weighted by Gasteiger charge is -2.23. The Bertz CT molecular complexity index is 383. The lowest BCUT2D eigenvalue weighted by Crippen LogP contribution is -2.38. The summed E-state index contributed by atoms with van der Waals surface area (Å²) < 4.78 is 59.8. The van der Waals surface area contributed by atoms with Crippen molar-refractivity contribution in [3.05, 3.63) is 12.4 Å². The zero-order chi connectivity index (χ0) is 13.7. The normalized spacial score (nSPS) is 17.8. The standard InChI is InChI=1S/C7H13N2.CHF3O3S/c1-3-9(4-2)6-5-8-7-9;2-1(3,4)8(5,6)7/h5-7H,3-4H2,1-2H3;(H,5,6,7)/q+1;/p-1. The summed E-state index contributed by atoms with van der Waals surface area (Å²) in [6.07, 6.45) is 5.98. The summed E-state index contributed by atoms with van der Waals surface area (Å²) in [5.74, 6) is 0. The van der Waals surface area contributed by atoms with Crippen molar-refractivity contribution >= 4 is 16.5 Å². The van der Waals surface area contributed by atoms with Crippen LogP contribution in [0.2, 0.25) is 0 Å². The minimum Gasteiger partial charge on any atom is -0.741 e. The fourth-order valence-electron chi connectivity index (χ4n) is 0.979. The van der Waals surface area contributed by atoms with Gasteiger partial charge in [0, 0.05) is 0 Å². The van der Waals surface area contributed by atoms with Gasteiger partial charge in [-0.15, -0.1) is 0 Å². The van der Waals surface area contributed by atoms with E-state index in [1.54, 1.807) is 0 Å². The first-order valence-corrected chi connectivity index (χ1v) is 6.09. The van der Waals surface area contributed by atoms with Gasteiger partial charge in [0.1, 0.15) is 6.20 Å². The number of hydrogen-bond donors (Lipinski definition) is 0. The Hall–Kier alpha value is -0.930. The summed E-state index contributed by atoms with van der Waals surface area (Å²) in [6.45, 7) is 6.56. The first-order valence-electron chi connectivity index (χ1n) is 4.68. The van der Waals surface area contributed by atoms with Crippen LogP contribution in [0.5, 0.6) is 0 Å². The average molecular weight is 274 g/mol. The molecule has 0 spiro atoms. The van der Waals surface area contributed by atoms with Gasteiger partial charge >= 0.3 is 5.51 Å². The summed E-state index contributed by atoms with van der Waals surface area (Å²) in [6, 6.07) is 0. The van der Waals surface area contributed by atoms with Crippen LogP contribution < -0.4 is 0 Å². The molecule has 1 aliphatic heterocycles. The number of aliphatic imine (C=N–C) groups is 1. The quantitative estimate of drug-likeness (QED) is 0.434.